The maximum atomic E-state index is 5.21. The van der Waals surface area contributed by atoms with Gasteiger partial charge >= 0.3 is 0 Å². The van der Waals surface area contributed by atoms with Crippen LogP contribution in [0.5, 0.6) is 5.75 Å². The predicted octanol–water partition coefficient (Wildman–Crippen LogP) is 3.58. The zero-order valence-corrected chi connectivity index (χ0v) is 12.2. The third kappa shape index (κ3) is 2.19. The van der Waals surface area contributed by atoms with Crippen LogP contribution in [0.4, 0.5) is 0 Å². The van der Waals surface area contributed by atoms with Gasteiger partial charge in [-0.2, -0.15) is 0 Å². The van der Waals surface area contributed by atoms with E-state index < -0.39 is 0 Å². The van der Waals surface area contributed by atoms with Crippen LogP contribution in [0.1, 0.15) is 23.1 Å². The topological polar surface area (TPSA) is 27.1 Å². The van der Waals surface area contributed by atoms with Gasteiger partial charge in [0.1, 0.15) is 5.75 Å². The molecule has 4 rings (SSSR count). The summed E-state index contributed by atoms with van der Waals surface area (Å²) in [5.41, 5.74) is 6.60. The van der Waals surface area contributed by atoms with E-state index in [1.54, 1.807) is 7.11 Å². The molecule has 1 aromatic heterocycles. The van der Waals surface area contributed by atoms with E-state index in [0.717, 1.165) is 17.8 Å². The van der Waals surface area contributed by atoms with Gasteiger partial charge in [0.15, 0.2) is 0 Å². The van der Waals surface area contributed by atoms with Crippen LogP contribution >= 0.6 is 0 Å². The Morgan fingerprint density at radius 3 is 2.62 bits per heavy atom. The summed E-state index contributed by atoms with van der Waals surface area (Å²) < 4.78 is 7.44. The first kappa shape index (κ1) is 12.5. The first-order chi connectivity index (χ1) is 10.3. The number of aromatic nitrogens is 2. The molecule has 1 aliphatic carbocycles. The van der Waals surface area contributed by atoms with Crippen LogP contribution in [0.15, 0.2) is 42.7 Å². The first-order valence-electron chi connectivity index (χ1n) is 7.43. The van der Waals surface area contributed by atoms with Crippen molar-refractivity contribution in [2.24, 2.45) is 0 Å². The standard InChI is InChI=1S/C18H18N2O/c1-21-16-7-5-13(6-8-16)11-20-12-19-17-9-14-3-2-4-15(14)10-18(17)20/h5-10,12H,2-4,11H2,1H3. The number of hydrogen-bond donors (Lipinski definition) is 0. The van der Waals surface area contributed by atoms with Gasteiger partial charge in [-0.25, -0.2) is 4.98 Å². The summed E-state index contributed by atoms with van der Waals surface area (Å²) in [6.07, 6.45) is 5.64. The number of nitrogens with zero attached hydrogens (tertiary/aromatic N) is 2. The van der Waals surface area contributed by atoms with E-state index in [0.29, 0.717) is 0 Å². The lowest BCUT2D eigenvalue weighted by molar-refractivity contribution is 0.414. The number of benzene rings is 2. The Bertz CT molecular complexity index is 787. The SMILES string of the molecule is COc1ccc(Cn2cnc3cc4c(cc32)CCC4)cc1. The van der Waals surface area contributed by atoms with Gasteiger partial charge in [-0.15, -0.1) is 0 Å². The largest absolute Gasteiger partial charge is 0.497 e. The lowest BCUT2D eigenvalue weighted by Gasteiger charge is -2.07. The fourth-order valence-corrected chi connectivity index (χ4v) is 3.18. The first-order valence-corrected chi connectivity index (χ1v) is 7.43. The number of methoxy groups -OCH3 is 1. The number of ether oxygens (including phenoxy) is 1. The molecule has 0 amide bonds. The van der Waals surface area contributed by atoms with Gasteiger partial charge in [0.05, 0.1) is 24.5 Å². The van der Waals surface area contributed by atoms with Gasteiger partial charge in [-0.1, -0.05) is 12.1 Å². The van der Waals surface area contributed by atoms with Gasteiger partial charge < -0.3 is 9.30 Å². The van der Waals surface area contributed by atoms with E-state index >= 15 is 0 Å². The fraction of sp³-hybridized carbons (Fsp3) is 0.278. The van der Waals surface area contributed by atoms with Crippen LogP contribution in [0.25, 0.3) is 11.0 Å². The number of hydrogen-bond acceptors (Lipinski definition) is 2. The second kappa shape index (κ2) is 4.92. The summed E-state index contributed by atoms with van der Waals surface area (Å²) in [5, 5.41) is 0. The highest BCUT2D eigenvalue weighted by atomic mass is 16.5. The second-order valence-electron chi connectivity index (χ2n) is 5.68. The fourth-order valence-electron chi connectivity index (χ4n) is 3.18. The third-order valence-electron chi connectivity index (χ3n) is 4.35. The third-order valence-corrected chi connectivity index (χ3v) is 4.35. The van der Waals surface area contributed by atoms with E-state index in [4.69, 9.17) is 4.74 Å². The van der Waals surface area contributed by atoms with Crippen molar-refractivity contribution in [2.75, 3.05) is 7.11 Å². The number of imidazole rings is 1. The molecule has 1 heterocycles. The molecule has 21 heavy (non-hydrogen) atoms. The smallest absolute Gasteiger partial charge is 0.118 e. The number of aryl methyl sites for hydroxylation is 2. The van der Waals surface area contributed by atoms with Gasteiger partial charge in [0.2, 0.25) is 0 Å². The molecule has 3 heteroatoms. The molecule has 3 aromatic rings. The molecule has 3 nitrogen and oxygen atoms in total. The van der Waals surface area contributed by atoms with Crippen molar-refractivity contribution >= 4 is 11.0 Å². The van der Waals surface area contributed by atoms with Crippen LogP contribution in [0.3, 0.4) is 0 Å². The molecule has 2 aromatic carbocycles. The zero-order valence-electron chi connectivity index (χ0n) is 12.2. The normalized spacial score (nSPS) is 13.6. The van der Waals surface area contributed by atoms with E-state index in [9.17, 15) is 0 Å². The highest BCUT2D eigenvalue weighted by molar-refractivity contribution is 5.78. The van der Waals surface area contributed by atoms with E-state index in [2.05, 4.69) is 33.8 Å². The highest BCUT2D eigenvalue weighted by Gasteiger charge is 2.14. The maximum absolute atomic E-state index is 5.21. The molecule has 0 fully saturated rings. The minimum absolute atomic E-state index is 0.847. The molecule has 0 saturated heterocycles. The van der Waals surface area contributed by atoms with Gasteiger partial charge in [-0.05, 0) is 60.2 Å². The molecule has 1 aliphatic rings. The van der Waals surface area contributed by atoms with Gasteiger partial charge in [0.25, 0.3) is 0 Å². The average Bonchev–Trinajstić information content (AvgIpc) is 3.13. The summed E-state index contributed by atoms with van der Waals surface area (Å²) in [6.45, 7) is 0.847. The molecule has 0 unspecified atom stereocenters. The van der Waals surface area contributed by atoms with E-state index in [1.165, 1.54) is 41.5 Å². The van der Waals surface area contributed by atoms with Gasteiger partial charge in [0, 0.05) is 6.54 Å². The number of rotatable bonds is 3. The molecule has 0 spiro atoms. The number of fused-ring (bicyclic) bond motifs is 2. The molecule has 0 N–H and O–H groups in total. The maximum Gasteiger partial charge on any atom is 0.118 e. The van der Waals surface area contributed by atoms with Crippen molar-refractivity contribution in [3.05, 3.63) is 59.4 Å². The summed E-state index contributed by atoms with van der Waals surface area (Å²) in [6, 6.07) is 12.8. The predicted molar refractivity (Wildman–Crippen MR) is 83.9 cm³/mol. The summed E-state index contributed by atoms with van der Waals surface area (Å²) in [4.78, 5) is 4.56. The van der Waals surface area contributed by atoms with Crippen LogP contribution in [0.2, 0.25) is 0 Å². The highest BCUT2D eigenvalue weighted by Crippen LogP contribution is 2.27. The van der Waals surface area contributed by atoms with Crippen LogP contribution < -0.4 is 4.74 Å². The molecule has 106 valence electrons. The van der Waals surface area contributed by atoms with Crippen molar-refractivity contribution in [2.45, 2.75) is 25.8 Å². The van der Waals surface area contributed by atoms with E-state index in [1.807, 2.05) is 18.5 Å². The van der Waals surface area contributed by atoms with Crippen LogP contribution in [-0.2, 0) is 19.4 Å². The van der Waals surface area contributed by atoms with Crippen molar-refractivity contribution < 1.29 is 4.74 Å². The molecule has 0 saturated carbocycles. The van der Waals surface area contributed by atoms with E-state index in [-0.39, 0.29) is 0 Å². The Balaban J connectivity index is 1.69. The lowest BCUT2D eigenvalue weighted by atomic mass is 10.1. The average molecular weight is 278 g/mol. The molecule has 0 atom stereocenters. The summed E-state index contributed by atoms with van der Waals surface area (Å²) in [5.74, 6) is 0.895. The minimum Gasteiger partial charge on any atom is -0.497 e. The second-order valence-corrected chi connectivity index (χ2v) is 5.68. The Morgan fingerprint density at radius 2 is 1.86 bits per heavy atom. The summed E-state index contributed by atoms with van der Waals surface area (Å²) in [7, 11) is 1.69. The zero-order chi connectivity index (χ0) is 14.2. The quantitative estimate of drug-likeness (QED) is 0.732. The van der Waals surface area contributed by atoms with Crippen molar-refractivity contribution in [3.8, 4) is 5.75 Å². The Kier molecular flexibility index (Phi) is 2.92. The Labute approximate surface area is 124 Å². The van der Waals surface area contributed by atoms with Crippen molar-refractivity contribution in [1.29, 1.82) is 0 Å². The lowest BCUT2D eigenvalue weighted by Crippen LogP contribution is -1.98. The molecule has 0 radical (unpaired) electrons. The van der Waals surface area contributed by atoms with Crippen LogP contribution in [-0.4, -0.2) is 16.7 Å². The molecule has 0 aliphatic heterocycles. The minimum atomic E-state index is 0.847. The Hall–Kier alpha value is -2.29. The monoisotopic (exact) mass is 278 g/mol. The summed E-state index contributed by atoms with van der Waals surface area (Å²) >= 11 is 0. The Morgan fingerprint density at radius 1 is 1.10 bits per heavy atom. The van der Waals surface area contributed by atoms with Crippen molar-refractivity contribution in [3.63, 3.8) is 0 Å². The van der Waals surface area contributed by atoms with Crippen molar-refractivity contribution in [1.82, 2.24) is 9.55 Å². The molecular formula is C18H18N2O. The molecule has 0 bridgehead atoms. The van der Waals surface area contributed by atoms with Crippen LogP contribution in [0, 0.1) is 0 Å². The van der Waals surface area contributed by atoms with Gasteiger partial charge in [-0.3, -0.25) is 0 Å². The molecular weight excluding hydrogens is 260 g/mol.